The predicted molar refractivity (Wildman–Crippen MR) is 116 cm³/mol. The van der Waals surface area contributed by atoms with Gasteiger partial charge in [0, 0.05) is 10.9 Å². The van der Waals surface area contributed by atoms with Crippen molar-refractivity contribution in [3.8, 4) is 17.0 Å². The van der Waals surface area contributed by atoms with E-state index >= 15 is 0 Å². The van der Waals surface area contributed by atoms with Gasteiger partial charge < -0.3 is 10.1 Å². The predicted octanol–water partition coefficient (Wildman–Crippen LogP) is 3.72. The molecule has 0 fully saturated rings. The topological polar surface area (TPSA) is 84.4 Å². The Bertz CT molecular complexity index is 1260. The lowest BCUT2D eigenvalue weighted by molar-refractivity contribution is -0.123. The molecule has 3 heterocycles. The van der Waals surface area contributed by atoms with Gasteiger partial charge in [0.1, 0.15) is 17.7 Å². The third-order valence-corrected chi connectivity index (χ3v) is 5.71. The number of fused-ring (bicyclic) bond motifs is 2. The molecule has 0 saturated carbocycles. The average Bonchev–Trinajstić information content (AvgIpc) is 3.22. The van der Waals surface area contributed by atoms with Gasteiger partial charge in [-0.3, -0.25) is 14.5 Å². The zero-order valence-corrected chi connectivity index (χ0v) is 16.6. The molecule has 148 valence electrons. The summed E-state index contributed by atoms with van der Waals surface area (Å²) in [6, 6.07) is 17.1. The monoisotopic (exact) mass is 416 g/mol. The molecule has 1 aliphatic rings. The van der Waals surface area contributed by atoms with Gasteiger partial charge >= 0.3 is 0 Å². The number of aromatic nitrogens is 2. The molecule has 8 heteroatoms. The van der Waals surface area contributed by atoms with E-state index in [0.29, 0.717) is 17.3 Å². The van der Waals surface area contributed by atoms with Crippen LogP contribution in [0.3, 0.4) is 0 Å². The number of thiophene rings is 1. The van der Waals surface area contributed by atoms with Crippen molar-refractivity contribution in [1.29, 1.82) is 0 Å². The van der Waals surface area contributed by atoms with E-state index in [0.717, 1.165) is 21.3 Å². The fraction of sp³-hybridized carbons (Fsp3) is 0.0909. The lowest BCUT2D eigenvalue weighted by Gasteiger charge is -2.29. The molecule has 0 bridgehead atoms. The third kappa shape index (κ3) is 3.27. The number of benzene rings is 2. The van der Waals surface area contributed by atoms with Crippen molar-refractivity contribution in [3.05, 3.63) is 66.3 Å². The summed E-state index contributed by atoms with van der Waals surface area (Å²) in [6.07, 6.45) is 1.43. The number of nitrogens with one attached hydrogen (secondary N) is 1. The Hall–Kier alpha value is -3.78. The van der Waals surface area contributed by atoms with E-state index in [9.17, 15) is 9.59 Å². The minimum Gasteiger partial charge on any atom is -0.467 e. The van der Waals surface area contributed by atoms with Crippen LogP contribution in [0.5, 0.6) is 5.88 Å². The summed E-state index contributed by atoms with van der Waals surface area (Å²) in [6.45, 7) is -0.288. The molecule has 0 unspecified atom stereocenters. The van der Waals surface area contributed by atoms with Gasteiger partial charge in [0.05, 0.1) is 16.8 Å². The molecule has 0 aliphatic carbocycles. The molecule has 1 N–H and O–H groups in total. The highest BCUT2D eigenvalue weighted by atomic mass is 32.1. The molecule has 7 nitrogen and oxygen atoms in total. The number of amides is 2. The number of hydrogen-bond acceptors (Lipinski definition) is 6. The van der Waals surface area contributed by atoms with Gasteiger partial charge in [-0.15, -0.1) is 11.3 Å². The number of carbonyl (C=O) groups excluding carboxylic acids is 2. The number of rotatable bonds is 4. The molecule has 30 heavy (non-hydrogen) atoms. The molecule has 0 saturated heterocycles. The zero-order valence-electron chi connectivity index (χ0n) is 15.7. The SMILES string of the molecule is O=C1CN(C(=O)COc2ncnc3scc(-c4ccccc4)c23)c2ccccc2N1. The van der Waals surface area contributed by atoms with Crippen molar-refractivity contribution in [1.82, 2.24) is 9.97 Å². The molecule has 2 aromatic carbocycles. The first-order valence-electron chi connectivity index (χ1n) is 9.30. The molecular formula is C22H16N4O3S. The van der Waals surface area contributed by atoms with E-state index in [1.165, 1.54) is 22.6 Å². The van der Waals surface area contributed by atoms with Crippen LogP contribution in [-0.2, 0) is 9.59 Å². The van der Waals surface area contributed by atoms with Gasteiger partial charge in [0.15, 0.2) is 6.61 Å². The highest BCUT2D eigenvalue weighted by Crippen LogP contribution is 2.37. The van der Waals surface area contributed by atoms with Crippen LogP contribution in [0.1, 0.15) is 0 Å². The van der Waals surface area contributed by atoms with Crippen LogP contribution in [0.2, 0.25) is 0 Å². The summed E-state index contributed by atoms with van der Waals surface area (Å²) < 4.78 is 5.84. The van der Waals surface area contributed by atoms with Crippen molar-refractivity contribution in [2.45, 2.75) is 0 Å². The molecule has 0 atom stereocenters. The number of carbonyl (C=O) groups is 2. The Labute approximate surface area is 176 Å². The highest BCUT2D eigenvalue weighted by molar-refractivity contribution is 7.17. The van der Waals surface area contributed by atoms with Crippen LogP contribution >= 0.6 is 11.3 Å². The fourth-order valence-corrected chi connectivity index (χ4v) is 4.36. The molecule has 2 aromatic heterocycles. The van der Waals surface area contributed by atoms with Gasteiger partial charge in [-0.25, -0.2) is 9.97 Å². The van der Waals surface area contributed by atoms with Gasteiger partial charge in [0.2, 0.25) is 11.8 Å². The number of para-hydroxylation sites is 2. The number of ether oxygens (including phenoxy) is 1. The quantitative estimate of drug-likeness (QED) is 0.548. The fourth-order valence-electron chi connectivity index (χ4n) is 3.45. The Balaban J connectivity index is 1.43. The first-order valence-corrected chi connectivity index (χ1v) is 10.2. The van der Waals surface area contributed by atoms with Crippen LogP contribution in [0, 0.1) is 0 Å². The van der Waals surface area contributed by atoms with E-state index in [-0.39, 0.29) is 25.0 Å². The highest BCUT2D eigenvalue weighted by Gasteiger charge is 2.27. The standard InChI is InChI=1S/C22H16N4O3S/c27-18-10-26(17-9-5-4-8-16(17)25-18)19(28)11-29-21-20-15(14-6-2-1-3-7-14)12-30-22(20)24-13-23-21/h1-9,12-13H,10-11H2,(H,25,27). The summed E-state index contributed by atoms with van der Waals surface area (Å²) >= 11 is 1.50. The molecule has 2 amide bonds. The van der Waals surface area contributed by atoms with Crippen LogP contribution in [0.15, 0.2) is 66.3 Å². The second-order valence-corrected chi connectivity index (χ2v) is 7.57. The second-order valence-electron chi connectivity index (χ2n) is 6.71. The maximum absolute atomic E-state index is 12.9. The van der Waals surface area contributed by atoms with Crippen molar-refractivity contribution in [2.24, 2.45) is 0 Å². The number of nitrogens with zero attached hydrogens (tertiary/aromatic N) is 3. The van der Waals surface area contributed by atoms with Gasteiger partial charge in [-0.2, -0.15) is 0 Å². The van der Waals surface area contributed by atoms with E-state index in [1.54, 1.807) is 12.1 Å². The average molecular weight is 416 g/mol. The molecule has 1 aliphatic heterocycles. The first-order chi connectivity index (χ1) is 14.7. The van der Waals surface area contributed by atoms with Crippen LogP contribution in [0.4, 0.5) is 11.4 Å². The number of hydrogen-bond donors (Lipinski definition) is 1. The number of anilines is 2. The Kier molecular flexibility index (Phi) is 4.61. The summed E-state index contributed by atoms with van der Waals surface area (Å²) in [4.78, 5) is 35.7. The van der Waals surface area contributed by atoms with Gasteiger partial charge in [0.25, 0.3) is 5.91 Å². The Morgan fingerprint density at radius 2 is 1.90 bits per heavy atom. The van der Waals surface area contributed by atoms with Gasteiger partial charge in [-0.1, -0.05) is 42.5 Å². The first kappa shape index (κ1) is 18.3. The second kappa shape index (κ2) is 7.57. The molecule has 0 spiro atoms. The maximum atomic E-state index is 12.9. The lowest BCUT2D eigenvalue weighted by Crippen LogP contribution is -2.44. The lowest BCUT2D eigenvalue weighted by atomic mass is 10.1. The van der Waals surface area contributed by atoms with E-state index < -0.39 is 0 Å². The molecular weight excluding hydrogens is 400 g/mol. The molecule has 0 radical (unpaired) electrons. The van der Waals surface area contributed by atoms with Crippen molar-refractivity contribution in [2.75, 3.05) is 23.4 Å². The van der Waals surface area contributed by atoms with E-state index in [4.69, 9.17) is 4.74 Å². The summed E-state index contributed by atoms with van der Waals surface area (Å²) in [5.41, 5.74) is 3.24. The third-order valence-electron chi connectivity index (χ3n) is 4.82. The van der Waals surface area contributed by atoms with Crippen LogP contribution in [0.25, 0.3) is 21.3 Å². The van der Waals surface area contributed by atoms with Crippen molar-refractivity contribution >= 4 is 44.7 Å². The minimum absolute atomic E-state index is 0.0495. The summed E-state index contributed by atoms with van der Waals surface area (Å²) in [7, 11) is 0. The molecule has 5 rings (SSSR count). The van der Waals surface area contributed by atoms with Crippen LogP contribution in [-0.4, -0.2) is 34.9 Å². The smallest absolute Gasteiger partial charge is 0.265 e. The Morgan fingerprint density at radius 1 is 1.10 bits per heavy atom. The summed E-state index contributed by atoms with van der Waals surface area (Å²) in [5.74, 6) is -0.209. The van der Waals surface area contributed by atoms with E-state index in [2.05, 4.69) is 15.3 Å². The normalized spacial score (nSPS) is 13.1. The largest absolute Gasteiger partial charge is 0.467 e. The van der Waals surface area contributed by atoms with E-state index in [1.807, 2.05) is 47.8 Å². The summed E-state index contributed by atoms with van der Waals surface area (Å²) in [5, 5.41) is 5.56. The molecule has 4 aromatic rings. The van der Waals surface area contributed by atoms with Crippen molar-refractivity contribution < 1.29 is 14.3 Å². The Morgan fingerprint density at radius 3 is 2.77 bits per heavy atom. The van der Waals surface area contributed by atoms with Crippen molar-refractivity contribution in [3.63, 3.8) is 0 Å². The zero-order chi connectivity index (χ0) is 20.5. The van der Waals surface area contributed by atoms with Crippen LogP contribution < -0.4 is 15.0 Å². The van der Waals surface area contributed by atoms with Gasteiger partial charge in [-0.05, 0) is 17.7 Å². The minimum atomic E-state index is -0.319. The maximum Gasteiger partial charge on any atom is 0.265 e.